The molecule has 1 aromatic carbocycles. The average Bonchev–Trinajstić information content (AvgIpc) is 2.29. The van der Waals surface area contributed by atoms with Crippen LogP contribution in [0.4, 0.5) is 4.39 Å². The molecular formula is C11H11ClFNO3. The van der Waals surface area contributed by atoms with E-state index < -0.39 is 23.7 Å². The van der Waals surface area contributed by atoms with E-state index in [4.69, 9.17) is 16.7 Å². The second-order valence-corrected chi connectivity index (χ2v) is 3.91. The van der Waals surface area contributed by atoms with Crippen molar-refractivity contribution in [2.75, 3.05) is 7.05 Å². The molecule has 0 heterocycles. The molecule has 0 saturated carbocycles. The zero-order chi connectivity index (χ0) is 13.2. The topological polar surface area (TPSA) is 57.6 Å². The lowest BCUT2D eigenvalue weighted by molar-refractivity contribution is -0.141. The molecule has 0 saturated heterocycles. The third-order valence-corrected chi connectivity index (χ3v) is 2.82. The van der Waals surface area contributed by atoms with Crippen molar-refractivity contribution in [3.63, 3.8) is 0 Å². The molecule has 0 aromatic heterocycles. The number of halogens is 2. The number of amides is 1. The Morgan fingerprint density at radius 2 is 2.06 bits per heavy atom. The Morgan fingerprint density at radius 3 is 2.59 bits per heavy atom. The first-order valence-corrected chi connectivity index (χ1v) is 5.18. The summed E-state index contributed by atoms with van der Waals surface area (Å²) in [7, 11) is 1.32. The summed E-state index contributed by atoms with van der Waals surface area (Å²) in [5, 5.41) is 8.47. The van der Waals surface area contributed by atoms with Crippen LogP contribution in [0.15, 0.2) is 18.2 Å². The minimum absolute atomic E-state index is 0.0535. The van der Waals surface area contributed by atoms with Crippen molar-refractivity contribution in [3.8, 4) is 0 Å². The molecule has 1 aromatic rings. The number of hydrogen-bond donors (Lipinski definition) is 1. The number of carboxylic acid groups (broad SMARTS) is 1. The van der Waals surface area contributed by atoms with Gasteiger partial charge in [0.05, 0.1) is 10.6 Å². The fraction of sp³-hybridized carbons (Fsp3) is 0.273. The average molecular weight is 260 g/mol. The minimum Gasteiger partial charge on any atom is -0.480 e. The second kappa shape index (κ2) is 5.14. The van der Waals surface area contributed by atoms with Crippen LogP contribution >= 0.6 is 11.6 Å². The second-order valence-electron chi connectivity index (χ2n) is 3.53. The van der Waals surface area contributed by atoms with Crippen LogP contribution in [0.1, 0.15) is 17.3 Å². The van der Waals surface area contributed by atoms with Crippen LogP contribution in [-0.2, 0) is 4.79 Å². The highest BCUT2D eigenvalue weighted by molar-refractivity contribution is 6.34. The van der Waals surface area contributed by atoms with E-state index in [0.29, 0.717) is 0 Å². The van der Waals surface area contributed by atoms with Crippen LogP contribution in [0, 0.1) is 5.82 Å². The van der Waals surface area contributed by atoms with Gasteiger partial charge in [-0.1, -0.05) is 17.7 Å². The maximum Gasteiger partial charge on any atom is 0.326 e. The van der Waals surface area contributed by atoms with Crippen molar-refractivity contribution in [1.29, 1.82) is 0 Å². The summed E-state index contributed by atoms with van der Waals surface area (Å²) < 4.78 is 13.1. The maximum absolute atomic E-state index is 13.1. The number of carbonyl (C=O) groups is 2. The van der Waals surface area contributed by atoms with E-state index in [9.17, 15) is 14.0 Å². The lowest BCUT2D eigenvalue weighted by atomic mass is 10.1. The highest BCUT2D eigenvalue weighted by atomic mass is 35.5. The lowest BCUT2D eigenvalue weighted by Crippen LogP contribution is -2.40. The van der Waals surface area contributed by atoms with Gasteiger partial charge >= 0.3 is 5.97 Å². The molecule has 1 N–H and O–H groups in total. The van der Waals surface area contributed by atoms with Crippen molar-refractivity contribution in [3.05, 3.63) is 34.6 Å². The predicted octanol–water partition coefficient (Wildman–Crippen LogP) is 2.02. The first-order chi connectivity index (χ1) is 7.86. The molecule has 0 aliphatic heterocycles. The Labute approximate surface area is 103 Å². The van der Waals surface area contributed by atoms with E-state index >= 15 is 0 Å². The molecular weight excluding hydrogens is 249 g/mol. The number of hydrogen-bond acceptors (Lipinski definition) is 2. The summed E-state index contributed by atoms with van der Waals surface area (Å²) >= 11 is 5.65. The summed E-state index contributed by atoms with van der Waals surface area (Å²) in [4.78, 5) is 23.6. The Balaban J connectivity index is 3.05. The van der Waals surface area contributed by atoms with E-state index in [-0.39, 0.29) is 10.6 Å². The van der Waals surface area contributed by atoms with Gasteiger partial charge in [0.1, 0.15) is 11.9 Å². The normalized spacial score (nSPS) is 12.0. The van der Waals surface area contributed by atoms with E-state index in [2.05, 4.69) is 0 Å². The summed E-state index contributed by atoms with van der Waals surface area (Å²) in [5.41, 5.74) is -0.0535. The van der Waals surface area contributed by atoms with Gasteiger partial charge in [-0.05, 0) is 19.1 Å². The molecule has 0 spiro atoms. The summed E-state index contributed by atoms with van der Waals surface area (Å²) in [6, 6.07) is 2.80. The van der Waals surface area contributed by atoms with Gasteiger partial charge in [0.15, 0.2) is 0 Å². The number of nitrogens with zero attached hydrogens (tertiary/aromatic N) is 1. The van der Waals surface area contributed by atoms with Crippen LogP contribution < -0.4 is 0 Å². The highest BCUT2D eigenvalue weighted by Gasteiger charge is 2.24. The monoisotopic (exact) mass is 259 g/mol. The molecule has 0 aliphatic carbocycles. The van der Waals surface area contributed by atoms with Crippen molar-refractivity contribution >= 4 is 23.5 Å². The molecule has 1 rings (SSSR count). The fourth-order valence-corrected chi connectivity index (χ4v) is 1.41. The predicted molar refractivity (Wildman–Crippen MR) is 60.6 cm³/mol. The van der Waals surface area contributed by atoms with Crippen LogP contribution in [0.25, 0.3) is 0 Å². The van der Waals surface area contributed by atoms with Gasteiger partial charge in [-0.3, -0.25) is 4.79 Å². The molecule has 0 radical (unpaired) electrons. The zero-order valence-electron chi connectivity index (χ0n) is 9.28. The number of benzene rings is 1. The first-order valence-electron chi connectivity index (χ1n) is 4.80. The van der Waals surface area contributed by atoms with Crippen molar-refractivity contribution < 1.29 is 19.1 Å². The zero-order valence-corrected chi connectivity index (χ0v) is 10.0. The molecule has 4 nitrogen and oxygen atoms in total. The molecule has 92 valence electrons. The lowest BCUT2D eigenvalue weighted by Gasteiger charge is -2.21. The highest BCUT2D eigenvalue weighted by Crippen LogP contribution is 2.21. The number of carbonyl (C=O) groups excluding carboxylic acids is 1. The van der Waals surface area contributed by atoms with Crippen molar-refractivity contribution in [1.82, 2.24) is 4.90 Å². The Bertz CT molecular complexity index is 464. The van der Waals surface area contributed by atoms with Crippen molar-refractivity contribution in [2.24, 2.45) is 0 Å². The van der Waals surface area contributed by atoms with E-state index in [1.54, 1.807) is 0 Å². The molecule has 1 atom stereocenters. The summed E-state index contributed by atoms with van der Waals surface area (Å²) in [6.45, 7) is 1.35. The molecule has 0 fully saturated rings. The smallest absolute Gasteiger partial charge is 0.326 e. The number of carboxylic acids is 1. The van der Waals surface area contributed by atoms with Gasteiger partial charge in [-0.25, -0.2) is 9.18 Å². The molecule has 1 amide bonds. The molecule has 17 heavy (non-hydrogen) atoms. The van der Waals surface area contributed by atoms with E-state index in [1.165, 1.54) is 26.1 Å². The van der Waals surface area contributed by atoms with Gasteiger partial charge in [0.25, 0.3) is 5.91 Å². The number of rotatable bonds is 3. The van der Waals surface area contributed by atoms with Gasteiger partial charge in [0, 0.05) is 7.05 Å². The van der Waals surface area contributed by atoms with Crippen LogP contribution in [-0.4, -0.2) is 35.0 Å². The standard InChI is InChI=1S/C11H11ClFNO3/c1-6(11(16)17)14(2)10(15)7-4-3-5-8(13)9(7)12/h3-6H,1-2H3,(H,16,17). The number of aliphatic carboxylic acids is 1. The molecule has 1 unspecified atom stereocenters. The quantitative estimate of drug-likeness (QED) is 0.904. The first kappa shape index (κ1) is 13.4. The third-order valence-electron chi connectivity index (χ3n) is 2.44. The molecule has 6 heteroatoms. The Hall–Kier alpha value is -1.62. The Morgan fingerprint density at radius 1 is 1.47 bits per heavy atom. The SMILES string of the molecule is CC(C(=O)O)N(C)C(=O)c1cccc(F)c1Cl. The molecule has 0 bridgehead atoms. The third kappa shape index (κ3) is 2.74. The fourth-order valence-electron chi connectivity index (χ4n) is 1.20. The summed E-state index contributed by atoms with van der Waals surface area (Å²) in [6.07, 6.45) is 0. The van der Waals surface area contributed by atoms with Crippen molar-refractivity contribution in [2.45, 2.75) is 13.0 Å². The van der Waals surface area contributed by atoms with E-state index in [1.807, 2.05) is 0 Å². The van der Waals surface area contributed by atoms with Gasteiger partial charge in [-0.15, -0.1) is 0 Å². The van der Waals surface area contributed by atoms with Gasteiger partial charge in [0.2, 0.25) is 0 Å². The van der Waals surface area contributed by atoms with Gasteiger partial charge < -0.3 is 10.0 Å². The van der Waals surface area contributed by atoms with Crippen LogP contribution in [0.5, 0.6) is 0 Å². The van der Waals surface area contributed by atoms with Gasteiger partial charge in [-0.2, -0.15) is 0 Å². The van der Waals surface area contributed by atoms with Crippen LogP contribution in [0.3, 0.4) is 0 Å². The maximum atomic E-state index is 13.1. The van der Waals surface area contributed by atoms with E-state index in [0.717, 1.165) is 11.0 Å². The van der Waals surface area contributed by atoms with Crippen LogP contribution in [0.2, 0.25) is 5.02 Å². The largest absolute Gasteiger partial charge is 0.480 e. The summed E-state index contributed by atoms with van der Waals surface area (Å²) in [5.74, 6) is -2.49. The number of likely N-dealkylation sites (N-methyl/N-ethyl adjacent to an activating group) is 1. The minimum atomic E-state index is -1.15. The Kier molecular flexibility index (Phi) is 4.07. The molecule has 0 aliphatic rings.